The molecule has 2 aromatic carbocycles. The van der Waals surface area contributed by atoms with Crippen LogP contribution in [0.4, 0.5) is 19.3 Å². The smallest absolute Gasteiger partial charge is 0.321 e. The minimum atomic E-state index is -0.770. The number of hydrogen-bond donors (Lipinski definition) is 2. The van der Waals surface area contributed by atoms with Crippen molar-refractivity contribution < 1.29 is 18.7 Å². The molecular weight excluding hydrogens is 278 g/mol. The molecule has 0 spiro atoms. The van der Waals surface area contributed by atoms with E-state index in [0.29, 0.717) is 5.56 Å². The predicted octanol–water partition coefficient (Wildman–Crippen LogP) is 3.33. The first-order valence-corrected chi connectivity index (χ1v) is 6.21. The van der Waals surface area contributed by atoms with Crippen LogP contribution in [-0.2, 0) is 6.54 Å². The van der Waals surface area contributed by atoms with Crippen LogP contribution in [0.1, 0.15) is 5.56 Å². The molecule has 0 heterocycles. The Morgan fingerprint density at radius 2 is 1.81 bits per heavy atom. The quantitative estimate of drug-likeness (QED) is 0.911. The Kier molecular flexibility index (Phi) is 4.37. The van der Waals surface area contributed by atoms with E-state index in [-0.39, 0.29) is 18.0 Å². The molecule has 2 N–H and O–H groups in total. The average Bonchev–Trinajstić information content (AvgIpc) is 2.40. The summed E-state index contributed by atoms with van der Waals surface area (Å²) in [5.74, 6) is -1.46. The predicted molar refractivity (Wildman–Crippen MR) is 75.0 cm³/mol. The maximum Gasteiger partial charge on any atom is 0.321 e. The van der Waals surface area contributed by atoms with E-state index >= 15 is 0 Å². The molecule has 4 nitrogen and oxygen atoms in total. The van der Waals surface area contributed by atoms with Gasteiger partial charge in [-0.2, -0.15) is 0 Å². The van der Waals surface area contributed by atoms with Gasteiger partial charge >= 0.3 is 6.03 Å². The van der Waals surface area contributed by atoms with Gasteiger partial charge in [-0.25, -0.2) is 13.6 Å². The third-order valence-corrected chi connectivity index (χ3v) is 2.86. The van der Waals surface area contributed by atoms with Gasteiger partial charge in [0.1, 0.15) is 17.4 Å². The number of halogens is 2. The van der Waals surface area contributed by atoms with Gasteiger partial charge in [0.05, 0.1) is 6.54 Å². The van der Waals surface area contributed by atoms with Gasteiger partial charge in [-0.05, 0) is 18.2 Å². The van der Waals surface area contributed by atoms with Gasteiger partial charge in [0.2, 0.25) is 0 Å². The van der Waals surface area contributed by atoms with E-state index in [0.717, 1.165) is 18.2 Å². The number of phenols is 1. The summed E-state index contributed by atoms with van der Waals surface area (Å²) in [7, 11) is 1.51. The monoisotopic (exact) mass is 292 g/mol. The lowest BCUT2D eigenvalue weighted by atomic mass is 10.2. The SMILES string of the molecule is CN(Cc1ccccc1O)C(=O)Nc1cc(F)cc(F)c1. The van der Waals surface area contributed by atoms with E-state index in [4.69, 9.17) is 0 Å². The minimum absolute atomic E-state index is 0.0293. The van der Waals surface area contributed by atoms with Gasteiger partial charge in [-0.3, -0.25) is 0 Å². The molecule has 6 heteroatoms. The highest BCUT2D eigenvalue weighted by Gasteiger charge is 2.12. The molecule has 2 rings (SSSR count). The van der Waals surface area contributed by atoms with Gasteiger partial charge in [0, 0.05) is 24.4 Å². The summed E-state index contributed by atoms with van der Waals surface area (Å²) in [6.45, 7) is 0.163. The van der Waals surface area contributed by atoms with E-state index in [1.807, 2.05) is 0 Å². The van der Waals surface area contributed by atoms with Crippen LogP contribution in [0.2, 0.25) is 0 Å². The zero-order chi connectivity index (χ0) is 15.4. The number of amides is 2. The fourth-order valence-corrected chi connectivity index (χ4v) is 1.82. The van der Waals surface area contributed by atoms with Crippen LogP contribution in [0.5, 0.6) is 5.75 Å². The Labute approximate surface area is 120 Å². The Bertz CT molecular complexity index is 642. The maximum atomic E-state index is 13.0. The molecular formula is C15H14F2N2O2. The molecule has 0 aromatic heterocycles. The highest BCUT2D eigenvalue weighted by Crippen LogP contribution is 2.18. The third kappa shape index (κ3) is 3.92. The molecule has 0 saturated heterocycles. The number of hydrogen-bond acceptors (Lipinski definition) is 2. The number of carbonyl (C=O) groups excluding carboxylic acids is 1. The number of carbonyl (C=O) groups is 1. The third-order valence-electron chi connectivity index (χ3n) is 2.86. The summed E-state index contributed by atoms with van der Waals surface area (Å²) in [4.78, 5) is 13.2. The second kappa shape index (κ2) is 6.21. The van der Waals surface area contributed by atoms with Gasteiger partial charge in [-0.15, -0.1) is 0 Å². The molecule has 2 amide bonds. The summed E-state index contributed by atoms with van der Waals surface area (Å²) in [5, 5.41) is 12.0. The second-order valence-corrected chi connectivity index (χ2v) is 4.57. The number of rotatable bonds is 3. The van der Waals surface area contributed by atoms with Crippen LogP contribution < -0.4 is 5.32 Å². The first-order chi connectivity index (χ1) is 9.95. The average molecular weight is 292 g/mol. The van der Waals surface area contributed by atoms with Crippen LogP contribution in [0, 0.1) is 11.6 Å². The van der Waals surface area contributed by atoms with E-state index in [9.17, 15) is 18.7 Å². The van der Waals surface area contributed by atoms with Crippen molar-refractivity contribution in [3.8, 4) is 5.75 Å². The Hall–Kier alpha value is -2.63. The molecule has 0 saturated carbocycles. The molecule has 0 aliphatic rings. The topological polar surface area (TPSA) is 52.6 Å². The van der Waals surface area contributed by atoms with Crippen LogP contribution in [-0.4, -0.2) is 23.1 Å². The van der Waals surface area contributed by atoms with Crippen molar-refractivity contribution >= 4 is 11.7 Å². The van der Waals surface area contributed by atoms with Crippen molar-refractivity contribution in [2.75, 3.05) is 12.4 Å². The number of phenolic OH excluding ortho intramolecular Hbond substituents is 1. The highest BCUT2D eigenvalue weighted by molar-refractivity contribution is 5.89. The summed E-state index contributed by atoms with van der Waals surface area (Å²) in [5.41, 5.74) is 0.599. The Morgan fingerprint density at radius 1 is 1.19 bits per heavy atom. The van der Waals surface area contributed by atoms with Crippen molar-refractivity contribution in [1.82, 2.24) is 4.90 Å². The fourth-order valence-electron chi connectivity index (χ4n) is 1.82. The number of nitrogens with one attached hydrogen (secondary N) is 1. The van der Waals surface area contributed by atoms with Crippen LogP contribution in [0.3, 0.4) is 0 Å². The van der Waals surface area contributed by atoms with Gasteiger partial charge in [0.25, 0.3) is 0 Å². The first kappa shape index (κ1) is 14.8. The maximum absolute atomic E-state index is 13.0. The lowest BCUT2D eigenvalue weighted by Crippen LogP contribution is -2.30. The molecule has 0 aliphatic heterocycles. The fraction of sp³-hybridized carbons (Fsp3) is 0.133. The molecule has 0 bridgehead atoms. The standard InChI is InChI=1S/C15H14F2N2O2/c1-19(9-10-4-2-3-5-14(10)20)15(21)18-13-7-11(16)6-12(17)8-13/h2-8,20H,9H2,1H3,(H,18,21). The van der Waals surface area contributed by atoms with Gasteiger partial charge < -0.3 is 15.3 Å². The summed E-state index contributed by atoms with van der Waals surface area (Å²) in [6.07, 6.45) is 0. The lowest BCUT2D eigenvalue weighted by Gasteiger charge is -2.18. The number of para-hydroxylation sites is 1. The summed E-state index contributed by atoms with van der Waals surface area (Å²) in [6, 6.07) is 8.84. The molecule has 110 valence electrons. The number of nitrogens with zero attached hydrogens (tertiary/aromatic N) is 1. The van der Waals surface area contributed by atoms with Crippen molar-refractivity contribution in [3.63, 3.8) is 0 Å². The highest BCUT2D eigenvalue weighted by atomic mass is 19.1. The summed E-state index contributed by atoms with van der Waals surface area (Å²) < 4.78 is 26.1. The van der Waals surface area contributed by atoms with Crippen LogP contribution in [0.25, 0.3) is 0 Å². The van der Waals surface area contributed by atoms with Crippen LogP contribution in [0.15, 0.2) is 42.5 Å². The molecule has 0 atom stereocenters. The van der Waals surface area contributed by atoms with Gasteiger partial charge in [0.15, 0.2) is 0 Å². The number of benzene rings is 2. The molecule has 0 aliphatic carbocycles. The van der Waals surface area contributed by atoms with Crippen molar-refractivity contribution in [2.24, 2.45) is 0 Å². The summed E-state index contributed by atoms with van der Waals surface area (Å²) >= 11 is 0. The number of anilines is 1. The van der Waals surface area contributed by atoms with Crippen molar-refractivity contribution in [1.29, 1.82) is 0 Å². The molecule has 0 radical (unpaired) electrons. The number of urea groups is 1. The number of aromatic hydroxyl groups is 1. The normalized spacial score (nSPS) is 10.2. The van der Waals surface area contributed by atoms with E-state index in [2.05, 4.69) is 5.32 Å². The van der Waals surface area contributed by atoms with Crippen molar-refractivity contribution in [2.45, 2.75) is 6.54 Å². The van der Waals surface area contributed by atoms with E-state index < -0.39 is 17.7 Å². The minimum Gasteiger partial charge on any atom is -0.508 e. The zero-order valence-electron chi connectivity index (χ0n) is 11.3. The Morgan fingerprint density at radius 3 is 2.43 bits per heavy atom. The molecule has 21 heavy (non-hydrogen) atoms. The van der Waals surface area contributed by atoms with Crippen LogP contribution >= 0.6 is 0 Å². The molecule has 0 unspecified atom stereocenters. The Balaban J connectivity index is 2.04. The molecule has 2 aromatic rings. The first-order valence-electron chi connectivity index (χ1n) is 6.21. The molecule has 0 fully saturated rings. The zero-order valence-corrected chi connectivity index (χ0v) is 11.3. The second-order valence-electron chi connectivity index (χ2n) is 4.57. The van der Waals surface area contributed by atoms with E-state index in [1.54, 1.807) is 18.2 Å². The lowest BCUT2D eigenvalue weighted by molar-refractivity contribution is 0.220. The van der Waals surface area contributed by atoms with E-state index in [1.165, 1.54) is 18.0 Å². The van der Waals surface area contributed by atoms with Gasteiger partial charge in [-0.1, -0.05) is 18.2 Å². The van der Waals surface area contributed by atoms with Crippen molar-refractivity contribution in [3.05, 3.63) is 59.7 Å². The largest absolute Gasteiger partial charge is 0.508 e.